The zero-order chi connectivity index (χ0) is 16.1. The number of carboxylic acid groups (broad SMARTS) is 1. The second-order valence-corrected chi connectivity index (χ2v) is 5.20. The van der Waals surface area contributed by atoms with Gasteiger partial charge in [-0.1, -0.05) is 32.8 Å². The van der Waals surface area contributed by atoms with E-state index in [2.05, 4.69) is 10.3 Å². The van der Waals surface area contributed by atoms with Gasteiger partial charge in [-0.15, -0.1) is 0 Å². The van der Waals surface area contributed by atoms with Crippen LogP contribution in [0.4, 0.5) is 0 Å². The average Bonchev–Trinajstić information content (AvgIpc) is 2.89. The Hall–Kier alpha value is -2.37. The molecule has 0 bridgehead atoms. The second kappa shape index (κ2) is 7.06. The molecule has 0 aliphatic rings. The van der Waals surface area contributed by atoms with Crippen molar-refractivity contribution in [1.82, 2.24) is 14.7 Å². The molecule has 0 aliphatic heterocycles. The van der Waals surface area contributed by atoms with Crippen LogP contribution >= 0.6 is 0 Å². The van der Waals surface area contributed by atoms with Crippen molar-refractivity contribution in [2.24, 2.45) is 0 Å². The van der Waals surface area contributed by atoms with E-state index >= 15 is 0 Å². The maximum Gasteiger partial charge on any atom is 0.326 e. The van der Waals surface area contributed by atoms with Gasteiger partial charge in [-0.25, -0.2) is 9.78 Å². The molecule has 0 radical (unpaired) electrons. The first-order valence-corrected chi connectivity index (χ1v) is 7.58. The number of nitrogens with zero attached hydrogens (tertiary/aromatic N) is 2. The molecule has 2 aromatic heterocycles. The van der Waals surface area contributed by atoms with Gasteiger partial charge in [-0.3, -0.25) is 9.20 Å². The van der Waals surface area contributed by atoms with Crippen LogP contribution in [0.25, 0.3) is 5.65 Å². The zero-order valence-corrected chi connectivity index (χ0v) is 12.9. The number of unbranched alkanes of at least 4 members (excludes halogenated alkanes) is 1. The lowest BCUT2D eigenvalue weighted by atomic mass is 10.1. The minimum absolute atomic E-state index is 0.390. The highest BCUT2D eigenvalue weighted by Crippen LogP contribution is 2.14. The van der Waals surface area contributed by atoms with Gasteiger partial charge in [-0.2, -0.15) is 0 Å². The molecule has 2 rings (SSSR count). The number of fused-ring (bicyclic) bond motifs is 1. The Morgan fingerprint density at radius 2 is 2.14 bits per heavy atom. The molecule has 2 aromatic rings. The third-order valence-corrected chi connectivity index (χ3v) is 3.60. The topological polar surface area (TPSA) is 83.7 Å². The van der Waals surface area contributed by atoms with Crippen LogP contribution < -0.4 is 5.32 Å². The molecule has 2 heterocycles. The van der Waals surface area contributed by atoms with Gasteiger partial charge in [0.15, 0.2) is 0 Å². The average molecular weight is 303 g/mol. The fraction of sp³-hybridized carbons (Fsp3) is 0.438. The molecule has 6 nitrogen and oxygen atoms in total. The molecule has 0 aliphatic carbocycles. The number of aryl methyl sites for hydroxylation is 1. The lowest BCUT2D eigenvalue weighted by Crippen LogP contribution is -2.41. The maximum absolute atomic E-state index is 12.5. The van der Waals surface area contributed by atoms with Gasteiger partial charge in [0.1, 0.15) is 17.4 Å². The van der Waals surface area contributed by atoms with Crippen molar-refractivity contribution in [3.8, 4) is 0 Å². The lowest BCUT2D eigenvalue weighted by molar-refractivity contribution is -0.139. The Balaban J connectivity index is 2.30. The molecule has 1 unspecified atom stereocenters. The minimum atomic E-state index is -1.01. The Bertz CT molecular complexity index is 678. The molecule has 0 spiro atoms. The van der Waals surface area contributed by atoms with Crippen LogP contribution in [0.15, 0.2) is 24.4 Å². The molecule has 0 saturated carbocycles. The molecular weight excluding hydrogens is 282 g/mol. The van der Waals surface area contributed by atoms with Crippen molar-refractivity contribution in [2.75, 3.05) is 0 Å². The third kappa shape index (κ3) is 3.27. The molecule has 1 amide bonds. The molecule has 2 N–H and O–H groups in total. The summed E-state index contributed by atoms with van der Waals surface area (Å²) in [6.07, 6.45) is 4.44. The highest BCUT2D eigenvalue weighted by atomic mass is 16.4. The maximum atomic E-state index is 12.5. The summed E-state index contributed by atoms with van der Waals surface area (Å²) < 4.78 is 1.70. The number of aromatic nitrogens is 2. The van der Waals surface area contributed by atoms with Gasteiger partial charge in [0.25, 0.3) is 5.91 Å². The fourth-order valence-corrected chi connectivity index (χ4v) is 2.42. The fourth-order valence-electron chi connectivity index (χ4n) is 2.42. The van der Waals surface area contributed by atoms with Crippen LogP contribution in [-0.2, 0) is 11.2 Å². The van der Waals surface area contributed by atoms with Gasteiger partial charge in [0, 0.05) is 6.20 Å². The van der Waals surface area contributed by atoms with Gasteiger partial charge >= 0.3 is 5.97 Å². The van der Waals surface area contributed by atoms with E-state index in [-0.39, 0.29) is 5.91 Å². The van der Waals surface area contributed by atoms with Crippen molar-refractivity contribution in [3.05, 3.63) is 35.8 Å². The van der Waals surface area contributed by atoms with Crippen LogP contribution in [0.5, 0.6) is 0 Å². The number of carbonyl (C=O) groups excluding carboxylic acids is 1. The number of amides is 1. The Labute approximate surface area is 129 Å². The quantitative estimate of drug-likeness (QED) is 0.822. The molecule has 6 heteroatoms. The molecule has 1 atom stereocenters. The number of carboxylic acids is 1. The van der Waals surface area contributed by atoms with E-state index in [1.165, 1.54) is 0 Å². The van der Waals surface area contributed by atoms with Crippen molar-refractivity contribution in [2.45, 2.75) is 45.6 Å². The molecule has 118 valence electrons. The highest BCUT2D eigenvalue weighted by molar-refractivity contribution is 5.97. The first-order chi connectivity index (χ1) is 10.6. The predicted octanol–water partition coefficient (Wildman–Crippen LogP) is 2.27. The molecule has 22 heavy (non-hydrogen) atoms. The van der Waals surface area contributed by atoms with E-state index in [1.807, 2.05) is 32.0 Å². The van der Waals surface area contributed by atoms with Crippen LogP contribution in [0.3, 0.4) is 0 Å². The number of carbonyl (C=O) groups is 2. The van der Waals surface area contributed by atoms with E-state index < -0.39 is 12.0 Å². The van der Waals surface area contributed by atoms with E-state index in [0.29, 0.717) is 29.9 Å². The van der Waals surface area contributed by atoms with Crippen molar-refractivity contribution in [3.63, 3.8) is 0 Å². The van der Waals surface area contributed by atoms with Crippen LogP contribution in [0.1, 0.15) is 49.3 Å². The third-order valence-electron chi connectivity index (χ3n) is 3.60. The second-order valence-electron chi connectivity index (χ2n) is 5.20. The number of hydrogen-bond donors (Lipinski definition) is 2. The summed E-state index contributed by atoms with van der Waals surface area (Å²) in [6.45, 7) is 3.91. The monoisotopic (exact) mass is 303 g/mol. The molecule has 0 fully saturated rings. The first-order valence-electron chi connectivity index (χ1n) is 7.58. The summed E-state index contributed by atoms with van der Waals surface area (Å²) in [5, 5.41) is 11.9. The van der Waals surface area contributed by atoms with Gasteiger partial charge in [-0.05, 0) is 25.0 Å². The van der Waals surface area contributed by atoms with Crippen molar-refractivity contribution >= 4 is 17.5 Å². The molecule has 0 saturated heterocycles. The van der Waals surface area contributed by atoms with Gasteiger partial charge < -0.3 is 10.4 Å². The van der Waals surface area contributed by atoms with E-state index in [1.54, 1.807) is 10.6 Å². The van der Waals surface area contributed by atoms with Crippen molar-refractivity contribution < 1.29 is 14.7 Å². The minimum Gasteiger partial charge on any atom is -0.480 e. The number of nitrogens with one attached hydrogen (secondary N) is 1. The van der Waals surface area contributed by atoms with Crippen LogP contribution in [-0.4, -0.2) is 32.4 Å². The summed E-state index contributed by atoms with van der Waals surface area (Å²) in [7, 11) is 0. The predicted molar refractivity (Wildman–Crippen MR) is 83.0 cm³/mol. The zero-order valence-electron chi connectivity index (χ0n) is 12.9. The molecular formula is C16H21N3O3. The lowest BCUT2D eigenvalue weighted by Gasteiger charge is -2.14. The number of imidazole rings is 1. The number of pyridine rings is 1. The Morgan fingerprint density at radius 3 is 2.77 bits per heavy atom. The Kier molecular flexibility index (Phi) is 5.14. The summed E-state index contributed by atoms with van der Waals surface area (Å²) in [6, 6.07) is 4.62. The largest absolute Gasteiger partial charge is 0.480 e. The van der Waals surface area contributed by atoms with E-state index in [9.17, 15) is 14.7 Å². The SMILES string of the molecule is CCCCC(NC(=O)c1c(CC)nc2ccccn12)C(=O)O. The summed E-state index contributed by atoms with van der Waals surface area (Å²) in [5.41, 5.74) is 1.77. The van der Waals surface area contributed by atoms with Crippen molar-refractivity contribution in [1.29, 1.82) is 0 Å². The first kappa shape index (κ1) is 16.0. The van der Waals surface area contributed by atoms with Crippen LogP contribution in [0.2, 0.25) is 0 Å². The van der Waals surface area contributed by atoms with Gasteiger partial charge in [0.2, 0.25) is 0 Å². The van der Waals surface area contributed by atoms with Gasteiger partial charge in [0.05, 0.1) is 5.69 Å². The normalized spacial score (nSPS) is 12.3. The number of rotatable bonds is 7. The smallest absolute Gasteiger partial charge is 0.326 e. The highest BCUT2D eigenvalue weighted by Gasteiger charge is 2.24. The summed E-state index contributed by atoms with van der Waals surface area (Å²) in [4.78, 5) is 28.3. The van der Waals surface area contributed by atoms with E-state index in [0.717, 1.165) is 12.8 Å². The number of hydrogen-bond acceptors (Lipinski definition) is 3. The van der Waals surface area contributed by atoms with Crippen LogP contribution in [0, 0.1) is 0 Å². The standard InChI is InChI=1S/C16H21N3O3/c1-3-5-8-12(16(21)22)18-15(20)14-11(4-2)17-13-9-6-7-10-19(13)14/h6-7,9-10,12H,3-5,8H2,1-2H3,(H,18,20)(H,21,22). The summed E-state index contributed by atoms with van der Waals surface area (Å²) in [5.74, 6) is -1.40. The molecule has 0 aromatic carbocycles. The van der Waals surface area contributed by atoms with E-state index in [4.69, 9.17) is 0 Å². The Morgan fingerprint density at radius 1 is 1.36 bits per heavy atom. The number of aliphatic carboxylic acids is 1. The summed E-state index contributed by atoms with van der Waals surface area (Å²) >= 11 is 0.